The van der Waals surface area contributed by atoms with Gasteiger partial charge in [0.05, 0.1) is 18.2 Å². The van der Waals surface area contributed by atoms with Gasteiger partial charge in [-0.3, -0.25) is 4.79 Å². The van der Waals surface area contributed by atoms with Crippen molar-refractivity contribution in [3.05, 3.63) is 64.7 Å². The number of methoxy groups -OCH3 is 1. The van der Waals surface area contributed by atoms with E-state index in [0.717, 1.165) is 0 Å². The third kappa shape index (κ3) is 1.95. The van der Waals surface area contributed by atoms with Gasteiger partial charge in [0, 0.05) is 11.1 Å². The average molecular weight is 268 g/mol. The van der Waals surface area contributed by atoms with Gasteiger partial charge in [-0.05, 0) is 30.3 Å². The van der Waals surface area contributed by atoms with Gasteiger partial charge in [0.1, 0.15) is 12.4 Å². The van der Waals surface area contributed by atoms with E-state index in [4.69, 9.17) is 4.74 Å². The predicted molar refractivity (Wildman–Crippen MR) is 72.0 cm³/mol. The molecule has 0 N–H and O–H groups in total. The molecule has 0 atom stereocenters. The smallest absolute Gasteiger partial charge is 0.337 e. The number of carbonyl (C=O) groups excluding carboxylic acids is 2. The number of rotatable bonds is 1. The molecular weight excluding hydrogens is 256 g/mol. The van der Waals surface area contributed by atoms with Crippen molar-refractivity contribution < 1.29 is 19.1 Å². The number of fused-ring (bicyclic) bond motifs is 2. The molecule has 0 saturated heterocycles. The Hall–Kier alpha value is -2.62. The van der Waals surface area contributed by atoms with Crippen molar-refractivity contribution >= 4 is 11.8 Å². The third-order valence-electron chi connectivity index (χ3n) is 3.29. The highest BCUT2D eigenvalue weighted by Crippen LogP contribution is 2.28. The molecule has 2 aromatic carbocycles. The molecule has 4 nitrogen and oxygen atoms in total. The molecule has 4 heteroatoms. The maximum absolute atomic E-state index is 12.5. The first-order valence-electron chi connectivity index (χ1n) is 6.18. The molecule has 0 aromatic heterocycles. The topological polar surface area (TPSA) is 52.6 Å². The number of para-hydroxylation sites is 1. The van der Waals surface area contributed by atoms with Crippen LogP contribution in [0.4, 0.5) is 0 Å². The number of carbonyl (C=O) groups is 2. The van der Waals surface area contributed by atoms with Gasteiger partial charge in [-0.15, -0.1) is 0 Å². The van der Waals surface area contributed by atoms with Crippen LogP contribution in [0.25, 0.3) is 0 Å². The lowest BCUT2D eigenvalue weighted by Gasteiger charge is -2.06. The van der Waals surface area contributed by atoms with Gasteiger partial charge in [0.25, 0.3) is 0 Å². The SMILES string of the molecule is COC(=O)c1ccc2c(c1)COc1ccccc1C2=O. The Morgan fingerprint density at radius 3 is 2.75 bits per heavy atom. The summed E-state index contributed by atoms with van der Waals surface area (Å²) < 4.78 is 10.3. The Bertz CT molecular complexity index is 703. The van der Waals surface area contributed by atoms with Crippen LogP contribution in [0.1, 0.15) is 31.8 Å². The summed E-state index contributed by atoms with van der Waals surface area (Å²) in [5.74, 6) is 0.0415. The van der Waals surface area contributed by atoms with Crippen LogP contribution >= 0.6 is 0 Å². The minimum Gasteiger partial charge on any atom is -0.488 e. The van der Waals surface area contributed by atoms with E-state index in [1.165, 1.54) is 7.11 Å². The molecule has 0 saturated carbocycles. The van der Waals surface area contributed by atoms with Crippen LogP contribution < -0.4 is 4.74 Å². The van der Waals surface area contributed by atoms with Gasteiger partial charge < -0.3 is 9.47 Å². The summed E-state index contributed by atoms with van der Waals surface area (Å²) in [4.78, 5) is 24.0. The third-order valence-corrected chi connectivity index (χ3v) is 3.29. The second kappa shape index (κ2) is 4.81. The molecule has 0 unspecified atom stereocenters. The highest BCUT2D eigenvalue weighted by molar-refractivity contribution is 6.12. The molecule has 20 heavy (non-hydrogen) atoms. The second-order valence-electron chi connectivity index (χ2n) is 4.48. The molecule has 0 aliphatic carbocycles. The molecule has 100 valence electrons. The van der Waals surface area contributed by atoms with E-state index in [-0.39, 0.29) is 12.4 Å². The van der Waals surface area contributed by atoms with Crippen molar-refractivity contribution in [2.24, 2.45) is 0 Å². The Kier molecular flexibility index (Phi) is 2.99. The standard InChI is InChI=1S/C16H12O4/c1-19-16(18)10-6-7-12-11(8-10)9-20-14-5-3-2-4-13(14)15(12)17/h2-8H,9H2,1H3. The second-order valence-corrected chi connectivity index (χ2v) is 4.48. The predicted octanol–water partition coefficient (Wildman–Crippen LogP) is 2.60. The lowest BCUT2D eigenvalue weighted by atomic mass is 9.97. The maximum atomic E-state index is 12.5. The van der Waals surface area contributed by atoms with Gasteiger partial charge in [-0.25, -0.2) is 4.79 Å². The molecule has 1 aliphatic heterocycles. The fourth-order valence-electron chi connectivity index (χ4n) is 2.26. The van der Waals surface area contributed by atoms with Gasteiger partial charge >= 0.3 is 5.97 Å². The number of hydrogen-bond acceptors (Lipinski definition) is 4. The lowest BCUT2D eigenvalue weighted by molar-refractivity contribution is 0.0600. The Morgan fingerprint density at radius 2 is 1.95 bits per heavy atom. The van der Waals surface area contributed by atoms with E-state index < -0.39 is 5.97 Å². The van der Waals surface area contributed by atoms with Crippen LogP contribution in [0.15, 0.2) is 42.5 Å². The van der Waals surface area contributed by atoms with Crippen LogP contribution in [0.2, 0.25) is 0 Å². The molecular formula is C16H12O4. The number of hydrogen-bond donors (Lipinski definition) is 0. The summed E-state index contributed by atoms with van der Waals surface area (Å²) in [6.45, 7) is 0.253. The summed E-state index contributed by atoms with van der Waals surface area (Å²) in [6, 6.07) is 12.0. The van der Waals surface area contributed by atoms with Crippen molar-refractivity contribution in [2.75, 3.05) is 7.11 Å². The molecule has 3 rings (SSSR count). The maximum Gasteiger partial charge on any atom is 0.337 e. The summed E-state index contributed by atoms with van der Waals surface area (Å²) >= 11 is 0. The molecule has 0 fully saturated rings. The molecule has 0 amide bonds. The zero-order valence-electron chi connectivity index (χ0n) is 10.9. The Balaban J connectivity index is 2.09. The summed E-state index contributed by atoms with van der Waals surface area (Å²) in [5.41, 5.74) is 2.20. The Labute approximate surface area is 115 Å². The van der Waals surface area contributed by atoms with Gasteiger partial charge in [-0.2, -0.15) is 0 Å². The minimum absolute atomic E-state index is 0.0930. The van der Waals surface area contributed by atoms with Crippen molar-refractivity contribution in [1.82, 2.24) is 0 Å². The fraction of sp³-hybridized carbons (Fsp3) is 0.125. The first-order chi connectivity index (χ1) is 9.70. The molecule has 1 heterocycles. The van der Waals surface area contributed by atoms with Crippen molar-refractivity contribution in [3.63, 3.8) is 0 Å². The van der Waals surface area contributed by atoms with Gasteiger partial charge in [0.2, 0.25) is 0 Å². The van der Waals surface area contributed by atoms with Crippen molar-refractivity contribution in [3.8, 4) is 5.75 Å². The lowest BCUT2D eigenvalue weighted by Crippen LogP contribution is -2.07. The average Bonchev–Trinajstić information content (AvgIpc) is 2.64. The number of esters is 1. The molecule has 2 aromatic rings. The van der Waals surface area contributed by atoms with E-state index in [1.54, 1.807) is 36.4 Å². The van der Waals surface area contributed by atoms with Crippen LogP contribution in [-0.4, -0.2) is 18.9 Å². The molecule has 1 aliphatic rings. The highest BCUT2D eigenvalue weighted by atomic mass is 16.5. The number of ether oxygens (including phenoxy) is 2. The zero-order valence-corrected chi connectivity index (χ0v) is 10.9. The van der Waals surface area contributed by atoms with Crippen LogP contribution in [0.5, 0.6) is 5.75 Å². The van der Waals surface area contributed by atoms with E-state index in [1.807, 2.05) is 6.07 Å². The normalized spacial score (nSPS) is 12.8. The molecule has 0 spiro atoms. The molecule has 0 bridgehead atoms. The largest absolute Gasteiger partial charge is 0.488 e. The van der Waals surface area contributed by atoms with Crippen LogP contribution in [-0.2, 0) is 11.3 Å². The van der Waals surface area contributed by atoms with Crippen molar-refractivity contribution in [2.45, 2.75) is 6.61 Å². The first-order valence-corrected chi connectivity index (χ1v) is 6.18. The quantitative estimate of drug-likeness (QED) is 0.746. The minimum atomic E-state index is -0.429. The van der Waals surface area contributed by atoms with Crippen LogP contribution in [0.3, 0.4) is 0 Å². The van der Waals surface area contributed by atoms with Crippen LogP contribution in [0, 0.1) is 0 Å². The first kappa shape index (κ1) is 12.4. The monoisotopic (exact) mass is 268 g/mol. The van der Waals surface area contributed by atoms with Gasteiger partial charge in [0.15, 0.2) is 5.78 Å². The zero-order chi connectivity index (χ0) is 14.1. The summed E-state index contributed by atoms with van der Waals surface area (Å²) in [6.07, 6.45) is 0. The molecule has 0 radical (unpaired) electrons. The van der Waals surface area contributed by atoms with E-state index >= 15 is 0 Å². The summed E-state index contributed by atoms with van der Waals surface area (Å²) in [5, 5.41) is 0. The summed E-state index contributed by atoms with van der Waals surface area (Å²) in [7, 11) is 1.32. The van der Waals surface area contributed by atoms with Crippen molar-refractivity contribution in [1.29, 1.82) is 0 Å². The number of ketones is 1. The number of benzene rings is 2. The Morgan fingerprint density at radius 1 is 1.15 bits per heavy atom. The van der Waals surface area contributed by atoms with Gasteiger partial charge in [-0.1, -0.05) is 12.1 Å². The van der Waals surface area contributed by atoms with E-state index in [9.17, 15) is 9.59 Å². The fourth-order valence-corrected chi connectivity index (χ4v) is 2.26. The van der Waals surface area contributed by atoms with E-state index in [2.05, 4.69) is 4.74 Å². The highest BCUT2D eigenvalue weighted by Gasteiger charge is 2.22. The van der Waals surface area contributed by atoms with E-state index in [0.29, 0.717) is 28.0 Å².